The van der Waals surface area contributed by atoms with Gasteiger partial charge in [-0.05, 0) is 25.2 Å². The van der Waals surface area contributed by atoms with E-state index in [0.29, 0.717) is 23.8 Å². The Morgan fingerprint density at radius 1 is 1.47 bits per heavy atom. The van der Waals surface area contributed by atoms with Crippen molar-refractivity contribution in [3.63, 3.8) is 0 Å². The number of fused-ring (bicyclic) bond motifs is 3. The average molecular weight is 257 g/mol. The molecule has 0 saturated heterocycles. The Balaban J connectivity index is 2.14. The van der Waals surface area contributed by atoms with Crippen LogP contribution in [0.5, 0.6) is 0 Å². The minimum atomic E-state index is -0.0340. The number of Topliss-reactive ketones (excluding diaryl/α,β-unsaturated/α-hetero) is 1. The van der Waals surface area contributed by atoms with Gasteiger partial charge in [0.25, 0.3) is 0 Å². The molecular weight excluding hydrogens is 238 g/mol. The van der Waals surface area contributed by atoms with E-state index in [-0.39, 0.29) is 11.3 Å². The summed E-state index contributed by atoms with van der Waals surface area (Å²) in [5.41, 5.74) is 2.85. The van der Waals surface area contributed by atoms with E-state index in [2.05, 4.69) is 25.0 Å². The Labute approximate surface area is 113 Å². The zero-order chi connectivity index (χ0) is 13.8. The smallest absolute Gasteiger partial charge is 0.141 e. The summed E-state index contributed by atoms with van der Waals surface area (Å²) in [5, 5.41) is 13.9. The van der Waals surface area contributed by atoms with E-state index < -0.39 is 0 Å². The number of nitriles is 1. The Hall–Kier alpha value is -1.63. The molecule has 2 aliphatic carbocycles. The summed E-state index contributed by atoms with van der Waals surface area (Å²) in [7, 11) is 1.84. The van der Waals surface area contributed by atoms with Crippen LogP contribution in [0.1, 0.15) is 50.1 Å². The normalized spacial score (nSPS) is 33.5. The second kappa shape index (κ2) is 3.93. The average Bonchev–Trinajstić information content (AvgIpc) is 2.71. The predicted molar refractivity (Wildman–Crippen MR) is 70.5 cm³/mol. The van der Waals surface area contributed by atoms with Crippen LogP contribution in [0, 0.1) is 23.2 Å². The minimum absolute atomic E-state index is 0.0340. The van der Waals surface area contributed by atoms with Crippen molar-refractivity contribution in [1.29, 1.82) is 5.26 Å². The molecule has 3 rings (SSSR count). The molecular formula is C15H19N3O. The van der Waals surface area contributed by atoms with Crippen LogP contribution in [-0.4, -0.2) is 15.6 Å². The summed E-state index contributed by atoms with van der Waals surface area (Å²) >= 11 is 0. The number of aromatic nitrogens is 2. The van der Waals surface area contributed by atoms with Gasteiger partial charge in [-0.25, -0.2) is 0 Å². The SMILES string of the molecule is C[C@@H]1C(=O)CCC2(C)c3nn(C)c(C#N)c3CC[C@@H]12. The van der Waals surface area contributed by atoms with E-state index in [1.807, 2.05) is 7.05 Å². The van der Waals surface area contributed by atoms with Crippen LogP contribution in [-0.2, 0) is 23.7 Å². The van der Waals surface area contributed by atoms with Gasteiger partial charge in [-0.2, -0.15) is 10.4 Å². The van der Waals surface area contributed by atoms with E-state index >= 15 is 0 Å². The standard InChI is InChI=1S/C15H19N3O/c1-9-11-5-4-10-12(8-16)18(3)17-14(10)15(11,2)7-6-13(9)19/h9,11H,4-7H2,1-3H3/t9-,11-,15?/m0/s1. The molecule has 0 amide bonds. The second-order valence-corrected chi connectivity index (χ2v) is 6.23. The summed E-state index contributed by atoms with van der Waals surface area (Å²) in [6, 6.07) is 2.27. The topological polar surface area (TPSA) is 58.7 Å². The Morgan fingerprint density at radius 3 is 2.89 bits per heavy atom. The van der Waals surface area contributed by atoms with E-state index in [1.54, 1.807) is 4.68 Å². The fraction of sp³-hybridized carbons (Fsp3) is 0.667. The summed E-state index contributed by atoms with van der Waals surface area (Å²) in [5.74, 6) is 0.893. The van der Waals surface area contributed by atoms with Gasteiger partial charge in [-0.1, -0.05) is 13.8 Å². The zero-order valence-corrected chi connectivity index (χ0v) is 11.7. The predicted octanol–water partition coefficient (Wildman–Crippen LogP) is 2.11. The third-order valence-electron chi connectivity index (χ3n) is 5.32. The van der Waals surface area contributed by atoms with Crippen molar-refractivity contribution >= 4 is 5.78 Å². The molecule has 100 valence electrons. The molecule has 1 aromatic heterocycles. The van der Waals surface area contributed by atoms with Crippen molar-refractivity contribution in [2.24, 2.45) is 18.9 Å². The van der Waals surface area contributed by atoms with Gasteiger partial charge in [0, 0.05) is 30.4 Å². The van der Waals surface area contributed by atoms with Gasteiger partial charge >= 0.3 is 0 Å². The number of aryl methyl sites for hydroxylation is 1. The van der Waals surface area contributed by atoms with Crippen LogP contribution in [0.4, 0.5) is 0 Å². The van der Waals surface area contributed by atoms with Crippen molar-refractivity contribution < 1.29 is 4.79 Å². The molecule has 3 atom stereocenters. The molecule has 1 aromatic rings. The van der Waals surface area contributed by atoms with E-state index in [0.717, 1.165) is 30.5 Å². The van der Waals surface area contributed by atoms with E-state index in [4.69, 9.17) is 0 Å². The maximum Gasteiger partial charge on any atom is 0.141 e. The van der Waals surface area contributed by atoms with Crippen LogP contribution >= 0.6 is 0 Å². The van der Waals surface area contributed by atoms with Crippen LogP contribution in [0.2, 0.25) is 0 Å². The van der Waals surface area contributed by atoms with Gasteiger partial charge in [0.2, 0.25) is 0 Å². The fourth-order valence-corrected chi connectivity index (χ4v) is 4.14. The molecule has 0 spiro atoms. The third kappa shape index (κ3) is 1.51. The number of ketones is 1. The highest BCUT2D eigenvalue weighted by Crippen LogP contribution is 2.50. The first-order chi connectivity index (χ1) is 8.99. The van der Waals surface area contributed by atoms with Crippen molar-refractivity contribution in [1.82, 2.24) is 9.78 Å². The van der Waals surface area contributed by atoms with Gasteiger partial charge in [0.05, 0.1) is 5.69 Å². The Kier molecular flexibility index (Phi) is 2.57. The molecule has 1 fully saturated rings. The number of hydrogen-bond acceptors (Lipinski definition) is 3. The quantitative estimate of drug-likeness (QED) is 0.715. The summed E-state index contributed by atoms with van der Waals surface area (Å²) < 4.78 is 1.71. The number of nitrogens with zero attached hydrogens (tertiary/aromatic N) is 3. The summed E-state index contributed by atoms with van der Waals surface area (Å²) in [4.78, 5) is 12.0. The number of rotatable bonds is 0. The molecule has 19 heavy (non-hydrogen) atoms. The van der Waals surface area contributed by atoms with Gasteiger partial charge in [0.1, 0.15) is 17.5 Å². The monoisotopic (exact) mass is 257 g/mol. The maximum absolute atomic E-state index is 12.0. The van der Waals surface area contributed by atoms with Crippen LogP contribution < -0.4 is 0 Å². The third-order valence-corrected chi connectivity index (χ3v) is 5.32. The highest BCUT2D eigenvalue weighted by atomic mass is 16.1. The van der Waals surface area contributed by atoms with Crippen molar-refractivity contribution in [2.45, 2.75) is 44.9 Å². The van der Waals surface area contributed by atoms with Gasteiger partial charge < -0.3 is 0 Å². The molecule has 2 aliphatic rings. The molecule has 0 bridgehead atoms. The van der Waals surface area contributed by atoms with Crippen molar-refractivity contribution in [3.8, 4) is 6.07 Å². The molecule has 0 aromatic carbocycles. The van der Waals surface area contributed by atoms with Crippen LogP contribution in [0.25, 0.3) is 0 Å². The first kappa shape index (κ1) is 12.4. The fourth-order valence-electron chi connectivity index (χ4n) is 4.14. The van der Waals surface area contributed by atoms with Gasteiger partial charge in [-0.3, -0.25) is 9.48 Å². The first-order valence-corrected chi connectivity index (χ1v) is 6.98. The lowest BCUT2D eigenvalue weighted by molar-refractivity contribution is -0.128. The number of carbonyl (C=O) groups is 1. The molecule has 0 aliphatic heterocycles. The molecule has 1 unspecified atom stereocenters. The molecule has 4 nitrogen and oxygen atoms in total. The largest absolute Gasteiger partial charge is 0.299 e. The number of hydrogen-bond donors (Lipinski definition) is 0. The summed E-state index contributed by atoms with van der Waals surface area (Å²) in [6.45, 7) is 4.29. The molecule has 1 saturated carbocycles. The number of carbonyl (C=O) groups excluding carboxylic acids is 1. The second-order valence-electron chi connectivity index (χ2n) is 6.23. The minimum Gasteiger partial charge on any atom is -0.299 e. The molecule has 1 heterocycles. The lowest BCUT2D eigenvalue weighted by Gasteiger charge is -2.46. The van der Waals surface area contributed by atoms with E-state index in [1.165, 1.54) is 0 Å². The first-order valence-electron chi connectivity index (χ1n) is 6.98. The Morgan fingerprint density at radius 2 is 2.21 bits per heavy atom. The lowest BCUT2D eigenvalue weighted by atomic mass is 9.56. The molecule has 4 heteroatoms. The maximum atomic E-state index is 12.0. The summed E-state index contributed by atoms with van der Waals surface area (Å²) in [6.07, 6.45) is 3.39. The van der Waals surface area contributed by atoms with Gasteiger partial charge in [-0.15, -0.1) is 0 Å². The van der Waals surface area contributed by atoms with Gasteiger partial charge in [0.15, 0.2) is 0 Å². The van der Waals surface area contributed by atoms with Crippen molar-refractivity contribution in [2.75, 3.05) is 0 Å². The van der Waals surface area contributed by atoms with Crippen LogP contribution in [0.3, 0.4) is 0 Å². The molecule has 0 N–H and O–H groups in total. The highest BCUT2D eigenvalue weighted by molar-refractivity contribution is 5.82. The van der Waals surface area contributed by atoms with E-state index in [9.17, 15) is 10.1 Å². The Bertz CT molecular complexity index is 595. The zero-order valence-electron chi connectivity index (χ0n) is 11.7. The molecule has 0 radical (unpaired) electrons. The van der Waals surface area contributed by atoms with Crippen molar-refractivity contribution in [3.05, 3.63) is 17.0 Å². The lowest BCUT2D eigenvalue weighted by Crippen LogP contribution is -2.46. The van der Waals surface area contributed by atoms with Crippen LogP contribution in [0.15, 0.2) is 0 Å². The highest BCUT2D eigenvalue weighted by Gasteiger charge is 2.50.